The first-order valence-corrected chi connectivity index (χ1v) is 11.2. The van der Waals surface area contributed by atoms with Gasteiger partial charge < -0.3 is 20.1 Å². The van der Waals surface area contributed by atoms with Crippen molar-refractivity contribution in [3.05, 3.63) is 101 Å². The van der Waals surface area contributed by atoms with E-state index >= 15 is 0 Å². The van der Waals surface area contributed by atoms with Crippen LogP contribution in [-0.2, 0) is 29.3 Å². The molecule has 0 bridgehead atoms. The van der Waals surface area contributed by atoms with Crippen LogP contribution in [0.5, 0.6) is 5.75 Å². The molecule has 3 aromatic carbocycles. The SMILES string of the molecule is O=C(O)c1ccc(COc2ccc(CNC(=O)[C@@H]3CCC(=O)N3Cc3ccc(F)cc3)cc2)cc1. The summed E-state index contributed by atoms with van der Waals surface area (Å²) < 4.78 is 18.9. The molecule has 2 amide bonds. The second-order valence-electron chi connectivity index (χ2n) is 8.36. The molecule has 35 heavy (non-hydrogen) atoms. The van der Waals surface area contributed by atoms with Gasteiger partial charge in [0.25, 0.3) is 0 Å². The van der Waals surface area contributed by atoms with Crippen LogP contribution in [0.3, 0.4) is 0 Å². The van der Waals surface area contributed by atoms with Gasteiger partial charge in [-0.25, -0.2) is 9.18 Å². The van der Waals surface area contributed by atoms with Gasteiger partial charge in [-0.3, -0.25) is 9.59 Å². The molecule has 1 aliphatic heterocycles. The third kappa shape index (κ3) is 6.23. The standard InChI is InChI=1S/C27H25FN2O5/c28-22-9-3-19(4-10-22)16-30-24(13-14-25(30)31)26(32)29-15-18-5-11-23(12-6-18)35-17-20-1-7-21(8-2-20)27(33)34/h1-12,24H,13-17H2,(H,29,32)(H,33,34)/t24-/m0/s1. The number of benzene rings is 3. The predicted molar refractivity (Wildman–Crippen MR) is 126 cm³/mol. The van der Waals surface area contributed by atoms with Crippen LogP contribution in [0.4, 0.5) is 4.39 Å². The quantitative estimate of drug-likeness (QED) is 0.488. The number of amides is 2. The number of carboxylic acid groups (broad SMARTS) is 1. The van der Waals surface area contributed by atoms with Crippen LogP contribution >= 0.6 is 0 Å². The number of hydrogen-bond acceptors (Lipinski definition) is 4. The number of carboxylic acids is 1. The highest BCUT2D eigenvalue weighted by atomic mass is 19.1. The first-order valence-electron chi connectivity index (χ1n) is 11.2. The van der Waals surface area contributed by atoms with Crippen LogP contribution in [0.1, 0.15) is 39.9 Å². The van der Waals surface area contributed by atoms with Gasteiger partial charge in [-0.15, -0.1) is 0 Å². The number of rotatable bonds is 9. The molecular formula is C27H25FN2O5. The molecular weight excluding hydrogens is 451 g/mol. The number of likely N-dealkylation sites (tertiary alicyclic amines) is 1. The molecule has 7 nitrogen and oxygen atoms in total. The number of nitrogens with one attached hydrogen (secondary N) is 1. The van der Waals surface area contributed by atoms with Crippen LogP contribution < -0.4 is 10.1 Å². The van der Waals surface area contributed by atoms with Gasteiger partial charge in [-0.2, -0.15) is 0 Å². The molecule has 8 heteroatoms. The van der Waals surface area contributed by atoms with Crippen molar-refractivity contribution in [2.75, 3.05) is 0 Å². The summed E-state index contributed by atoms with van der Waals surface area (Å²) in [6, 6.07) is 19.1. The summed E-state index contributed by atoms with van der Waals surface area (Å²) in [6.07, 6.45) is 0.760. The number of aromatic carboxylic acids is 1. The fourth-order valence-corrected chi connectivity index (χ4v) is 3.91. The van der Waals surface area contributed by atoms with Crippen molar-refractivity contribution in [1.29, 1.82) is 0 Å². The van der Waals surface area contributed by atoms with Gasteiger partial charge in [0.05, 0.1) is 5.56 Å². The minimum absolute atomic E-state index is 0.0893. The van der Waals surface area contributed by atoms with E-state index in [9.17, 15) is 18.8 Å². The van der Waals surface area contributed by atoms with Crippen molar-refractivity contribution in [1.82, 2.24) is 10.2 Å². The topological polar surface area (TPSA) is 95.9 Å². The number of ether oxygens (including phenoxy) is 1. The molecule has 0 aromatic heterocycles. The molecule has 1 heterocycles. The smallest absolute Gasteiger partial charge is 0.335 e. The van der Waals surface area contributed by atoms with Crippen molar-refractivity contribution < 1.29 is 28.6 Å². The van der Waals surface area contributed by atoms with Crippen LogP contribution in [0.25, 0.3) is 0 Å². The van der Waals surface area contributed by atoms with Crippen molar-refractivity contribution in [2.45, 2.75) is 38.6 Å². The summed E-state index contributed by atoms with van der Waals surface area (Å²) >= 11 is 0. The lowest BCUT2D eigenvalue weighted by Gasteiger charge is -2.24. The number of carbonyl (C=O) groups is 3. The van der Waals surface area contributed by atoms with E-state index in [1.54, 1.807) is 41.3 Å². The highest BCUT2D eigenvalue weighted by molar-refractivity contribution is 5.91. The average molecular weight is 477 g/mol. The van der Waals surface area contributed by atoms with Gasteiger partial charge in [-0.1, -0.05) is 36.4 Å². The second-order valence-corrected chi connectivity index (χ2v) is 8.36. The molecule has 0 aliphatic carbocycles. The van der Waals surface area contributed by atoms with Crippen LogP contribution in [0, 0.1) is 5.82 Å². The zero-order valence-electron chi connectivity index (χ0n) is 18.9. The Morgan fingerprint density at radius 2 is 1.57 bits per heavy atom. The van der Waals surface area contributed by atoms with E-state index in [2.05, 4.69) is 5.32 Å². The Morgan fingerprint density at radius 3 is 2.23 bits per heavy atom. The van der Waals surface area contributed by atoms with E-state index in [-0.39, 0.29) is 29.7 Å². The summed E-state index contributed by atoms with van der Waals surface area (Å²) in [5, 5.41) is 11.9. The third-order valence-electron chi connectivity index (χ3n) is 5.89. The number of nitrogens with zero attached hydrogens (tertiary/aromatic N) is 1. The Balaban J connectivity index is 1.27. The summed E-state index contributed by atoms with van der Waals surface area (Å²) in [6.45, 7) is 0.878. The maximum Gasteiger partial charge on any atom is 0.335 e. The highest BCUT2D eigenvalue weighted by Crippen LogP contribution is 2.22. The van der Waals surface area contributed by atoms with E-state index in [0.29, 0.717) is 31.7 Å². The van der Waals surface area contributed by atoms with Crippen molar-refractivity contribution in [3.63, 3.8) is 0 Å². The maximum absolute atomic E-state index is 13.2. The third-order valence-corrected chi connectivity index (χ3v) is 5.89. The Kier molecular flexibility index (Phi) is 7.40. The molecule has 1 atom stereocenters. The normalized spacial score (nSPS) is 15.2. The molecule has 1 fully saturated rings. The summed E-state index contributed by atoms with van der Waals surface area (Å²) in [5.74, 6) is -0.979. The van der Waals surface area contributed by atoms with E-state index in [0.717, 1.165) is 16.7 Å². The Labute approximate surface area is 202 Å². The van der Waals surface area contributed by atoms with Crippen LogP contribution in [0.2, 0.25) is 0 Å². The zero-order valence-corrected chi connectivity index (χ0v) is 18.9. The predicted octanol–water partition coefficient (Wildman–Crippen LogP) is 3.91. The number of hydrogen-bond donors (Lipinski definition) is 2. The molecule has 3 aromatic rings. The maximum atomic E-state index is 13.2. The number of carbonyl (C=O) groups excluding carboxylic acids is 2. The van der Waals surface area contributed by atoms with Gasteiger partial charge in [0, 0.05) is 19.5 Å². The van der Waals surface area contributed by atoms with Gasteiger partial charge in [0.15, 0.2) is 0 Å². The van der Waals surface area contributed by atoms with Gasteiger partial charge in [-0.05, 0) is 59.5 Å². The minimum atomic E-state index is -0.972. The Bertz CT molecular complexity index is 1190. The van der Waals surface area contributed by atoms with Gasteiger partial charge >= 0.3 is 5.97 Å². The summed E-state index contributed by atoms with van der Waals surface area (Å²) in [7, 11) is 0. The first kappa shape index (κ1) is 23.9. The lowest BCUT2D eigenvalue weighted by Crippen LogP contribution is -2.44. The highest BCUT2D eigenvalue weighted by Gasteiger charge is 2.35. The van der Waals surface area contributed by atoms with Gasteiger partial charge in [0.2, 0.25) is 11.8 Å². The van der Waals surface area contributed by atoms with E-state index in [4.69, 9.17) is 9.84 Å². The zero-order chi connectivity index (χ0) is 24.8. The van der Waals surface area contributed by atoms with Crippen molar-refractivity contribution in [2.24, 2.45) is 0 Å². The van der Waals surface area contributed by atoms with E-state index < -0.39 is 12.0 Å². The molecule has 4 rings (SSSR count). The fourth-order valence-electron chi connectivity index (χ4n) is 3.91. The molecule has 180 valence electrons. The monoisotopic (exact) mass is 476 g/mol. The number of halogens is 1. The Morgan fingerprint density at radius 1 is 0.943 bits per heavy atom. The molecule has 0 unspecified atom stereocenters. The average Bonchev–Trinajstić information content (AvgIpc) is 3.23. The Hall–Kier alpha value is -4.20. The summed E-state index contributed by atoms with van der Waals surface area (Å²) in [5.41, 5.74) is 2.72. The lowest BCUT2D eigenvalue weighted by molar-refractivity contribution is -0.135. The van der Waals surface area contributed by atoms with Gasteiger partial charge in [0.1, 0.15) is 24.2 Å². The minimum Gasteiger partial charge on any atom is -0.489 e. The van der Waals surface area contributed by atoms with E-state index in [1.807, 2.05) is 12.1 Å². The van der Waals surface area contributed by atoms with Crippen molar-refractivity contribution in [3.8, 4) is 5.75 Å². The van der Waals surface area contributed by atoms with Crippen molar-refractivity contribution >= 4 is 17.8 Å². The molecule has 2 N–H and O–H groups in total. The fraction of sp³-hybridized carbons (Fsp3) is 0.222. The lowest BCUT2D eigenvalue weighted by atomic mass is 10.1. The molecule has 0 saturated carbocycles. The first-order chi connectivity index (χ1) is 16.9. The van der Waals surface area contributed by atoms with Crippen LogP contribution in [0.15, 0.2) is 72.8 Å². The van der Waals surface area contributed by atoms with Crippen LogP contribution in [-0.4, -0.2) is 33.8 Å². The largest absolute Gasteiger partial charge is 0.489 e. The molecule has 0 spiro atoms. The summed E-state index contributed by atoms with van der Waals surface area (Å²) in [4.78, 5) is 37.6. The molecule has 1 saturated heterocycles. The van der Waals surface area contributed by atoms with E-state index in [1.165, 1.54) is 24.3 Å². The second kappa shape index (κ2) is 10.8. The molecule has 0 radical (unpaired) electrons. The molecule has 1 aliphatic rings.